The zero-order valence-electron chi connectivity index (χ0n) is 21.1. The smallest absolute Gasteiger partial charge is 0.319 e. The third-order valence-electron chi connectivity index (χ3n) is 6.17. The van der Waals surface area contributed by atoms with Crippen LogP contribution in [0.4, 0.5) is 14.9 Å². The van der Waals surface area contributed by atoms with E-state index in [2.05, 4.69) is 34.4 Å². The number of rotatable bonds is 12. The summed E-state index contributed by atoms with van der Waals surface area (Å²) in [4.78, 5) is 30.8. The number of amides is 3. The number of nitrogens with zero attached hydrogens (tertiary/aromatic N) is 2. The van der Waals surface area contributed by atoms with Crippen LogP contribution in [-0.2, 0) is 0 Å². The summed E-state index contributed by atoms with van der Waals surface area (Å²) in [5.74, 6) is -0.334. The standard InChI is InChI=1S/C27H32FN5O4/c1-3-33(4-2)12-5-13-36-25-16-23-19(15-20(25)26(29)34)24(10-11-30-23)37-18-8-9-22(21(28)14-18)32-27(35)31-17-6-7-17/h8-11,14-17H,3-7,12-13H2,1-2H3,(H2,29,34)(H2,31,32,35). The van der Waals surface area contributed by atoms with Crippen LogP contribution in [-0.4, -0.2) is 54.1 Å². The van der Waals surface area contributed by atoms with Crippen molar-refractivity contribution in [2.75, 3.05) is 31.6 Å². The number of urea groups is 1. The van der Waals surface area contributed by atoms with Crippen molar-refractivity contribution < 1.29 is 23.5 Å². The first-order chi connectivity index (χ1) is 17.9. The molecule has 2 aromatic carbocycles. The molecule has 0 radical (unpaired) electrons. The molecule has 0 unspecified atom stereocenters. The number of pyridine rings is 1. The van der Waals surface area contributed by atoms with E-state index in [9.17, 15) is 14.0 Å². The second-order valence-electron chi connectivity index (χ2n) is 8.88. The number of anilines is 1. The molecule has 1 saturated carbocycles. The van der Waals surface area contributed by atoms with E-state index < -0.39 is 17.8 Å². The Morgan fingerprint density at radius 3 is 2.59 bits per heavy atom. The summed E-state index contributed by atoms with van der Waals surface area (Å²) in [6, 6.07) is 8.73. The van der Waals surface area contributed by atoms with E-state index >= 15 is 0 Å². The summed E-state index contributed by atoms with van der Waals surface area (Å²) < 4.78 is 26.4. The van der Waals surface area contributed by atoms with E-state index in [1.54, 1.807) is 30.5 Å². The van der Waals surface area contributed by atoms with Crippen LogP contribution >= 0.6 is 0 Å². The van der Waals surface area contributed by atoms with Gasteiger partial charge in [-0.15, -0.1) is 0 Å². The van der Waals surface area contributed by atoms with Crippen LogP contribution in [0.2, 0.25) is 0 Å². The minimum Gasteiger partial charge on any atom is -0.493 e. The molecular formula is C27H32FN5O4. The van der Waals surface area contributed by atoms with E-state index in [1.807, 2.05) is 0 Å². The molecule has 0 bridgehead atoms. The lowest BCUT2D eigenvalue weighted by Crippen LogP contribution is -2.30. The average molecular weight is 510 g/mol. The highest BCUT2D eigenvalue weighted by Crippen LogP contribution is 2.34. The fourth-order valence-corrected chi connectivity index (χ4v) is 3.92. The zero-order valence-corrected chi connectivity index (χ0v) is 21.1. The fourth-order valence-electron chi connectivity index (χ4n) is 3.92. The normalized spacial score (nSPS) is 13.0. The van der Waals surface area contributed by atoms with Gasteiger partial charge in [0.15, 0.2) is 0 Å². The molecule has 4 rings (SSSR count). The van der Waals surface area contributed by atoms with Crippen LogP contribution in [0.5, 0.6) is 17.2 Å². The maximum atomic E-state index is 14.6. The number of nitrogens with one attached hydrogen (secondary N) is 2. The first-order valence-electron chi connectivity index (χ1n) is 12.5. The van der Waals surface area contributed by atoms with Crippen molar-refractivity contribution >= 4 is 28.5 Å². The SMILES string of the molecule is CCN(CC)CCCOc1cc2nccc(Oc3ccc(NC(=O)NC4CC4)c(F)c3)c2cc1C(N)=O. The molecule has 10 heteroatoms. The molecule has 1 aromatic heterocycles. The van der Waals surface area contributed by atoms with Crippen molar-refractivity contribution in [2.24, 2.45) is 5.73 Å². The fraction of sp³-hybridized carbons (Fsp3) is 0.370. The van der Waals surface area contributed by atoms with Crippen LogP contribution in [0.1, 0.15) is 43.5 Å². The van der Waals surface area contributed by atoms with Gasteiger partial charge in [-0.2, -0.15) is 0 Å². The van der Waals surface area contributed by atoms with E-state index in [0.717, 1.165) is 38.9 Å². The predicted molar refractivity (Wildman–Crippen MR) is 140 cm³/mol. The highest BCUT2D eigenvalue weighted by Gasteiger charge is 2.23. The van der Waals surface area contributed by atoms with Crippen molar-refractivity contribution in [1.82, 2.24) is 15.2 Å². The number of hydrogen-bond donors (Lipinski definition) is 3. The molecule has 3 aromatic rings. The zero-order chi connectivity index (χ0) is 26.4. The molecule has 1 heterocycles. The Morgan fingerprint density at radius 2 is 1.92 bits per heavy atom. The van der Waals surface area contributed by atoms with Gasteiger partial charge in [0.25, 0.3) is 5.91 Å². The molecule has 0 saturated heterocycles. The Bertz CT molecular complexity index is 1280. The summed E-state index contributed by atoms with van der Waals surface area (Å²) in [6.07, 6.45) is 4.22. The number of ether oxygens (including phenoxy) is 2. The Labute approximate surface area is 215 Å². The van der Waals surface area contributed by atoms with Gasteiger partial charge in [-0.3, -0.25) is 9.78 Å². The van der Waals surface area contributed by atoms with Gasteiger partial charge in [0.2, 0.25) is 0 Å². The number of fused-ring (bicyclic) bond motifs is 1. The van der Waals surface area contributed by atoms with Crippen molar-refractivity contribution in [2.45, 2.75) is 39.2 Å². The van der Waals surface area contributed by atoms with Gasteiger partial charge in [-0.25, -0.2) is 9.18 Å². The second-order valence-corrected chi connectivity index (χ2v) is 8.88. The largest absolute Gasteiger partial charge is 0.493 e. The highest BCUT2D eigenvalue weighted by molar-refractivity contribution is 6.01. The van der Waals surface area contributed by atoms with Gasteiger partial charge < -0.3 is 30.7 Å². The number of aromatic nitrogens is 1. The Hall–Kier alpha value is -3.92. The van der Waals surface area contributed by atoms with Crippen LogP contribution < -0.4 is 25.8 Å². The molecule has 4 N–H and O–H groups in total. The summed E-state index contributed by atoms with van der Waals surface area (Å²) in [7, 11) is 0. The number of halogens is 1. The molecule has 3 amide bonds. The van der Waals surface area contributed by atoms with Crippen molar-refractivity contribution in [1.29, 1.82) is 0 Å². The van der Waals surface area contributed by atoms with E-state index in [0.29, 0.717) is 29.0 Å². The van der Waals surface area contributed by atoms with E-state index in [-0.39, 0.29) is 23.0 Å². The first kappa shape index (κ1) is 26.2. The maximum Gasteiger partial charge on any atom is 0.319 e. The third-order valence-corrected chi connectivity index (χ3v) is 6.17. The van der Waals surface area contributed by atoms with Crippen LogP contribution in [0, 0.1) is 5.82 Å². The minimum atomic E-state index is -0.639. The number of benzene rings is 2. The number of nitrogens with two attached hydrogens (primary N) is 1. The number of hydrogen-bond acceptors (Lipinski definition) is 6. The molecular weight excluding hydrogens is 477 g/mol. The molecule has 0 spiro atoms. The van der Waals surface area contributed by atoms with Gasteiger partial charge in [-0.05, 0) is 56.6 Å². The highest BCUT2D eigenvalue weighted by atomic mass is 19.1. The molecule has 1 aliphatic carbocycles. The van der Waals surface area contributed by atoms with Gasteiger partial charge >= 0.3 is 6.03 Å². The van der Waals surface area contributed by atoms with Crippen LogP contribution in [0.3, 0.4) is 0 Å². The molecule has 196 valence electrons. The summed E-state index contributed by atoms with van der Waals surface area (Å²) >= 11 is 0. The van der Waals surface area contributed by atoms with Gasteiger partial charge in [0, 0.05) is 36.3 Å². The lowest BCUT2D eigenvalue weighted by molar-refractivity contribution is 0.0996. The van der Waals surface area contributed by atoms with Gasteiger partial charge in [0.1, 0.15) is 23.1 Å². The van der Waals surface area contributed by atoms with Crippen LogP contribution in [0.15, 0.2) is 42.6 Å². The summed E-state index contributed by atoms with van der Waals surface area (Å²) in [5, 5.41) is 5.77. The molecule has 1 fully saturated rings. The number of primary amides is 1. The monoisotopic (exact) mass is 509 g/mol. The maximum absolute atomic E-state index is 14.6. The lowest BCUT2D eigenvalue weighted by Gasteiger charge is -2.18. The van der Waals surface area contributed by atoms with Gasteiger partial charge in [-0.1, -0.05) is 13.8 Å². The first-order valence-corrected chi connectivity index (χ1v) is 12.5. The summed E-state index contributed by atoms with van der Waals surface area (Å²) in [5.41, 5.74) is 6.43. The van der Waals surface area contributed by atoms with Crippen molar-refractivity contribution in [3.8, 4) is 17.2 Å². The number of carbonyl (C=O) groups is 2. The lowest BCUT2D eigenvalue weighted by atomic mass is 10.1. The quantitative estimate of drug-likeness (QED) is 0.306. The third kappa shape index (κ3) is 6.85. The van der Waals surface area contributed by atoms with Crippen molar-refractivity contribution in [3.63, 3.8) is 0 Å². The minimum absolute atomic E-state index is 0.0453. The van der Waals surface area contributed by atoms with Gasteiger partial charge in [0.05, 0.1) is 23.4 Å². The number of carbonyl (C=O) groups excluding carboxylic acids is 2. The molecule has 37 heavy (non-hydrogen) atoms. The van der Waals surface area contributed by atoms with Crippen molar-refractivity contribution in [3.05, 3.63) is 54.0 Å². The Balaban J connectivity index is 1.50. The molecule has 0 aliphatic heterocycles. The topological polar surface area (TPSA) is 119 Å². The molecule has 9 nitrogen and oxygen atoms in total. The Kier molecular flexibility index (Phi) is 8.39. The summed E-state index contributed by atoms with van der Waals surface area (Å²) in [6.45, 7) is 7.46. The second kappa shape index (κ2) is 11.9. The Morgan fingerprint density at radius 1 is 1.14 bits per heavy atom. The van der Waals surface area contributed by atoms with E-state index in [1.165, 1.54) is 12.1 Å². The predicted octanol–water partition coefficient (Wildman–Crippen LogP) is 4.66. The molecule has 0 atom stereocenters. The molecule has 1 aliphatic rings. The van der Waals surface area contributed by atoms with E-state index in [4.69, 9.17) is 15.2 Å². The average Bonchev–Trinajstić information content (AvgIpc) is 3.69. The van der Waals surface area contributed by atoms with Crippen LogP contribution in [0.25, 0.3) is 10.9 Å².